The third-order valence-corrected chi connectivity index (χ3v) is 5.42. The molecule has 0 bridgehead atoms. The molecular formula is C23H25N5O3. The van der Waals surface area contributed by atoms with Crippen molar-refractivity contribution in [3.05, 3.63) is 70.6 Å². The van der Waals surface area contributed by atoms with E-state index in [4.69, 9.17) is 4.74 Å². The first kappa shape index (κ1) is 20.7. The first-order valence-corrected chi connectivity index (χ1v) is 10.5. The molecule has 160 valence electrons. The van der Waals surface area contributed by atoms with E-state index in [2.05, 4.69) is 15.3 Å². The molecule has 0 saturated carbocycles. The molecule has 1 amide bonds. The van der Waals surface area contributed by atoms with Gasteiger partial charge in [-0.15, -0.1) is 10.2 Å². The molecule has 31 heavy (non-hydrogen) atoms. The number of hydrogen-bond acceptors (Lipinski definition) is 6. The van der Waals surface area contributed by atoms with Gasteiger partial charge in [-0.2, -0.15) is 5.10 Å². The molecule has 1 aliphatic rings. The van der Waals surface area contributed by atoms with Crippen LogP contribution >= 0.6 is 0 Å². The van der Waals surface area contributed by atoms with Crippen molar-refractivity contribution in [2.24, 2.45) is 5.92 Å². The topological polar surface area (TPSA) is 90.2 Å². The zero-order valence-corrected chi connectivity index (χ0v) is 17.5. The summed E-state index contributed by atoms with van der Waals surface area (Å²) in [6.45, 7) is 4.15. The van der Waals surface area contributed by atoms with Crippen molar-refractivity contribution in [1.82, 2.24) is 24.9 Å². The average molecular weight is 419 g/mol. The van der Waals surface area contributed by atoms with E-state index in [1.165, 1.54) is 0 Å². The molecular weight excluding hydrogens is 394 g/mol. The summed E-state index contributed by atoms with van der Waals surface area (Å²) in [6, 6.07) is 16.4. The lowest BCUT2D eigenvalue weighted by Gasteiger charge is -2.31. The Bertz CT molecular complexity index is 1070. The summed E-state index contributed by atoms with van der Waals surface area (Å²) in [5, 5.41) is 12.5. The molecule has 0 unspecified atom stereocenters. The molecule has 1 fully saturated rings. The average Bonchev–Trinajstić information content (AvgIpc) is 2.82. The van der Waals surface area contributed by atoms with Crippen LogP contribution in [0.25, 0.3) is 11.3 Å². The minimum absolute atomic E-state index is 0.108. The Balaban J connectivity index is 1.37. The van der Waals surface area contributed by atoms with Crippen LogP contribution in [0.5, 0.6) is 5.88 Å². The van der Waals surface area contributed by atoms with Gasteiger partial charge >= 0.3 is 0 Å². The second-order valence-corrected chi connectivity index (χ2v) is 7.53. The molecule has 8 nitrogen and oxygen atoms in total. The molecule has 2 aromatic heterocycles. The molecule has 4 rings (SSSR count). The molecule has 1 saturated heterocycles. The fourth-order valence-corrected chi connectivity index (χ4v) is 3.73. The highest BCUT2D eigenvalue weighted by atomic mass is 16.5. The van der Waals surface area contributed by atoms with E-state index in [0.29, 0.717) is 37.8 Å². The number of piperidine rings is 1. The smallest absolute Gasteiger partial charge is 0.274 e. The number of hydrogen-bond donors (Lipinski definition) is 0. The summed E-state index contributed by atoms with van der Waals surface area (Å²) in [6.07, 6.45) is 1.61. The predicted molar refractivity (Wildman–Crippen MR) is 116 cm³/mol. The number of carbonyl (C=O) groups excluding carboxylic acids is 1. The second kappa shape index (κ2) is 9.51. The number of ether oxygens (including phenoxy) is 1. The molecule has 0 N–H and O–H groups in total. The van der Waals surface area contributed by atoms with Crippen molar-refractivity contribution in [1.29, 1.82) is 0 Å². The van der Waals surface area contributed by atoms with E-state index in [-0.39, 0.29) is 17.4 Å². The van der Waals surface area contributed by atoms with Crippen molar-refractivity contribution < 1.29 is 9.53 Å². The van der Waals surface area contributed by atoms with E-state index >= 15 is 0 Å². The van der Waals surface area contributed by atoms with Gasteiger partial charge in [-0.1, -0.05) is 30.3 Å². The molecule has 0 atom stereocenters. The van der Waals surface area contributed by atoms with E-state index in [1.807, 2.05) is 37.3 Å². The first-order chi connectivity index (χ1) is 15.1. The zero-order valence-electron chi connectivity index (χ0n) is 17.5. The summed E-state index contributed by atoms with van der Waals surface area (Å²) < 4.78 is 6.81. The molecule has 3 heterocycles. The number of amides is 1. The number of rotatable bonds is 6. The summed E-state index contributed by atoms with van der Waals surface area (Å²) >= 11 is 0. The van der Waals surface area contributed by atoms with Crippen LogP contribution in [-0.2, 0) is 6.54 Å². The predicted octanol–water partition coefficient (Wildman–Crippen LogP) is 2.65. The van der Waals surface area contributed by atoms with Gasteiger partial charge in [-0.25, -0.2) is 4.68 Å². The van der Waals surface area contributed by atoms with Crippen LogP contribution in [0, 0.1) is 5.92 Å². The van der Waals surface area contributed by atoms with Gasteiger partial charge in [-0.3, -0.25) is 9.59 Å². The molecule has 0 spiro atoms. The number of aromatic nitrogens is 4. The fraction of sp³-hybridized carbons (Fsp3) is 0.348. The summed E-state index contributed by atoms with van der Waals surface area (Å²) in [5.74, 6) is 0.565. The van der Waals surface area contributed by atoms with Gasteiger partial charge in [0.15, 0.2) is 5.69 Å². The van der Waals surface area contributed by atoms with Crippen LogP contribution in [-0.4, -0.2) is 50.5 Å². The Hall–Kier alpha value is -3.55. The van der Waals surface area contributed by atoms with Gasteiger partial charge in [0.05, 0.1) is 12.3 Å². The van der Waals surface area contributed by atoms with E-state index < -0.39 is 0 Å². The third kappa shape index (κ3) is 4.96. The Morgan fingerprint density at radius 2 is 1.81 bits per heavy atom. The maximum atomic E-state index is 12.7. The van der Waals surface area contributed by atoms with Crippen molar-refractivity contribution in [2.45, 2.75) is 26.3 Å². The quantitative estimate of drug-likeness (QED) is 0.610. The van der Waals surface area contributed by atoms with E-state index in [0.717, 1.165) is 24.1 Å². The molecule has 1 aliphatic heterocycles. The normalized spacial score (nSPS) is 14.4. The standard InChI is InChI=1S/C23H25N5O3/c1-2-31-21-10-8-20(24-25-21)23(30)27-14-12-17(13-15-27)16-28-22(29)11-9-19(26-28)18-6-4-3-5-7-18/h3-11,17H,2,12-16H2,1H3. The largest absolute Gasteiger partial charge is 0.477 e. The summed E-state index contributed by atoms with van der Waals surface area (Å²) in [4.78, 5) is 26.8. The Labute approximate surface area is 180 Å². The lowest BCUT2D eigenvalue weighted by molar-refractivity contribution is 0.0673. The van der Waals surface area contributed by atoms with Gasteiger partial charge < -0.3 is 9.64 Å². The zero-order chi connectivity index (χ0) is 21.6. The minimum atomic E-state index is -0.129. The Morgan fingerprint density at radius 1 is 1.03 bits per heavy atom. The van der Waals surface area contributed by atoms with Crippen molar-refractivity contribution in [3.63, 3.8) is 0 Å². The molecule has 0 radical (unpaired) electrons. The number of likely N-dealkylation sites (tertiary alicyclic amines) is 1. The number of benzene rings is 1. The van der Waals surface area contributed by atoms with E-state index in [9.17, 15) is 9.59 Å². The SMILES string of the molecule is CCOc1ccc(C(=O)N2CCC(Cn3nc(-c4ccccc4)ccc3=O)CC2)nn1. The van der Waals surface area contributed by atoms with Crippen molar-refractivity contribution in [2.75, 3.05) is 19.7 Å². The highest BCUT2D eigenvalue weighted by Crippen LogP contribution is 2.21. The van der Waals surface area contributed by atoms with Crippen LogP contribution < -0.4 is 10.3 Å². The van der Waals surface area contributed by atoms with Crippen LogP contribution in [0.4, 0.5) is 0 Å². The maximum absolute atomic E-state index is 12.7. The van der Waals surface area contributed by atoms with Crippen LogP contribution in [0.1, 0.15) is 30.3 Å². The maximum Gasteiger partial charge on any atom is 0.274 e. The van der Waals surface area contributed by atoms with Gasteiger partial charge in [0.2, 0.25) is 5.88 Å². The number of nitrogens with zero attached hydrogens (tertiary/aromatic N) is 5. The molecule has 0 aliphatic carbocycles. The van der Waals surface area contributed by atoms with Crippen LogP contribution in [0.15, 0.2) is 59.4 Å². The van der Waals surface area contributed by atoms with Gasteiger partial charge in [0.25, 0.3) is 11.5 Å². The molecule has 3 aromatic rings. The fourth-order valence-electron chi connectivity index (χ4n) is 3.73. The van der Waals surface area contributed by atoms with Gasteiger partial charge in [0, 0.05) is 37.3 Å². The highest BCUT2D eigenvalue weighted by Gasteiger charge is 2.25. The lowest BCUT2D eigenvalue weighted by Crippen LogP contribution is -2.40. The first-order valence-electron chi connectivity index (χ1n) is 10.5. The summed E-state index contributed by atoms with van der Waals surface area (Å²) in [5.41, 5.74) is 1.97. The highest BCUT2D eigenvalue weighted by molar-refractivity contribution is 5.92. The minimum Gasteiger partial charge on any atom is -0.477 e. The monoisotopic (exact) mass is 419 g/mol. The second-order valence-electron chi connectivity index (χ2n) is 7.53. The lowest BCUT2D eigenvalue weighted by atomic mass is 9.96. The Morgan fingerprint density at radius 3 is 2.48 bits per heavy atom. The Kier molecular flexibility index (Phi) is 6.35. The number of carbonyl (C=O) groups is 1. The van der Waals surface area contributed by atoms with E-state index in [1.54, 1.807) is 33.8 Å². The van der Waals surface area contributed by atoms with Crippen molar-refractivity contribution >= 4 is 5.91 Å². The van der Waals surface area contributed by atoms with Gasteiger partial charge in [0.1, 0.15) is 0 Å². The molecule has 8 heteroatoms. The van der Waals surface area contributed by atoms with Crippen LogP contribution in [0.2, 0.25) is 0 Å². The van der Waals surface area contributed by atoms with Crippen molar-refractivity contribution in [3.8, 4) is 17.1 Å². The molecule has 1 aromatic carbocycles. The van der Waals surface area contributed by atoms with Gasteiger partial charge in [-0.05, 0) is 37.8 Å². The van der Waals surface area contributed by atoms with Crippen LogP contribution in [0.3, 0.4) is 0 Å². The summed E-state index contributed by atoms with van der Waals surface area (Å²) in [7, 11) is 0. The third-order valence-electron chi connectivity index (χ3n) is 5.42.